The molecule has 3 aromatic rings. The zero-order valence-electron chi connectivity index (χ0n) is 10.9. The van der Waals surface area contributed by atoms with E-state index in [1.807, 2.05) is 24.3 Å². The number of aliphatic hydroxyl groups is 1. The van der Waals surface area contributed by atoms with E-state index in [1.54, 1.807) is 18.2 Å². The highest BCUT2D eigenvalue weighted by Gasteiger charge is 2.11. The molecule has 0 fully saturated rings. The van der Waals surface area contributed by atoms with Gasteiger partial charge in [0.25, 0.3) is 0 Å². The number of aromatic nitrogens is 2. The minimum Gasteiger partial charge on any atom is -0.388 e. The van der Waals surface area contributed by atoms with E-state index in [0.29, 0.717) is 15.8 Å². The smallest absolute Gasteiger partial charge is 0.166 e. The van der Waals surface area contributed by atoms with Crippen molar-refractivity contribution >= 4 is 46.0 Å². The fourth-order valence-electron chi connectivity index (χ4n) is 1.97. The summed E-state index contributed by atoms with van der Waals surface area (Å²) in [4.78, 5) is 7.68. The lowest BCUT2D eigenvalue weighted by Crippen LogP contribution is -2.00. The number of imidazole rings is 1. The number of para-hydroxylation sites is 2. The Labute approximate surface area is 136 Å². The highest BCUT2D eigenvalue weighted by Crippen LogP contribution is 2.29. The number of H-pyrrole nitrogens is 1. The van der Waals surface area contributed by atoms with E-state index in [0.717, 1.165) is 21.8 Å². The van der Waals surface area contributed by atoms with Crippen LogP contribution in [0.2, 0.25) is 10.0 Å². The Bertz CT molecular complexity index is 742. The van der Waals surface area contributed by atoms with Crippen LogP contribution in [0, 0.1) is 0 Å². The van der Waals surface area contributed by atoms with Gasteiger partial charge in [-0.15, -0.1) is 0 Å². The van der Waals surface area contributed by atoms with Crippen molar-refractivity contribution in [2.75, 3.05) is 5.75 Å². The van der Waals surface area contributed by atoms with Gasteiger partial charge in [-0.2, -0.15) is 0 Å². The summed E-state index contributed by atoms with van der Waals surface area (Å²) in [5.41, 5.74) is 2.65. The van der Waals surface area contributed by atoms with Gasteiger partial charge in [-0.3, -0.25) is 0 Å². The highest BCUT2D eigenvalue weighted by molar-refractivity contribution is 7.99. The second-order valence-corrected chi connectivity index (χ2v) is 6.38. The summed E-state index contributed by atoms with van der Waals surface area (Å²) in [6.07, 6.45) is -0.627. The van der Waals surface area contributed by atoms with E-state index in [1.165, 1.54) is 11.8 Å². The van der Waals surface area contributed by atoms with Crippen molar-refractivity contribution < 1.29 is 5.11 Å². The van der Waals surface area contributed by atoms with Gasteiger partial charge in [0.2, 0.25) is 0 Å². The molecule has 3 nitrogen and oxygen atoms in total. The normalized spacial score (nSPS) is 12.7. The van der Waals surface area contributed by atoms with E-state index < -0.39 is 6.10 Å². The average Bonchev–Trinajstić information content (AvgIpc) is 2.90. The van der Waals surface area contributed by atoms with Crippen molar-refractivity contribution in [3.63, 3.8) is 0 Å². The zero-order valence-corrected chi connectivity index (χ0v) is 13.2. The number of hydrogen-bond donors (Lipinski definition) is 2. The molecule has 0 saturated carbocycles. The summed E-state index contributed by atoms with van der Waals surface area (Å²) in [6, 6.07) is 13.0. The molecule has 1 atom stereocenters. The van der Waals surface area contributed by atoms with Crippen LogP contribution in [0.15, 0.2) is 47.6 Å². The first-order valence-electron chi connectivity index (χ1n) is 6.34. The Morgan fingerprint density at radius 1 is 1.14 bits per heavy atom. The number of nitrogens with one attached hydrogen (secondary N) is 1. The molecule has 0 radical (unpaired) electrons. The summed E-state index contributed by atoms with van der Waals surface area (Å²) < 4.78 is 0. The molecule has 0 aliphatic heterocycles. The molecule has 0 spiro atoms. The number of benzene rings is 2. The molecule has 21 heavy (non-hydrogen) atoms. The third-order valence-electron chi connectivity index (χ3n) is 3.07. The van der Waals surface area contributed by atoms with Gasteiger partial charge in [-0.1, -0.05) is 53.2 Å². The maximum atomic E-state index is 10.2. The van der Waals surface area contributed by atoms with E-state index in [-0.39, 0.29) is 0 Å². The van der Waals surface area contributed by atoms with Crippen molar-refractivity contribution in [2.45, 2.75) is 11.3 Å². The first kappa shape index (κ1) is 14.7. The van der Waals surface area contributed by atoms with Gasteiger partial charge in [-0.25, -0.2) is 4.98 Å². The number of rotatable bonds is 4. The number of aliphatic hydroxyl groups excluding tert-OH is 1. The van der Waals surface area contributed by atoms with Gasteiger partial charge in [0.15, 0.2) is 5.16 Å². The predicted molar refractivity (Wildman–Crippen MR) is 88.2 cm³/mol. The molecular formula is C15H12Cl2N2OS. The third-order valence-corrected chi connectivity index (χ3v) is 4.76. The molecular weight excluding hydrogens is 327 g/mol. The molecule has 0 saturated heterocycles. The molecule has 3 rings (SSSR count). The molecule has 2 aromatic carbocycles. The number of thioether (sulfide) groups is 1. The van der Waals surface area contributed by atoms with Crippen LogP contribution < -0.4 is 0 Å². The van der Waals surface area contributed by atoms with Gasteiger partial charge in [-0.05, 0) is 29.8 Å². The standard InChI is InChI=1S/C15H12Cl2N2OS/c16-10-6-5-9(7-11(10)17)14(20)8-21-15-18-12-3-1-2-4-13(12)19-15/h1-7,14,20H,8H2,(H,18,19). The largest absolute Gasteiger partial charge is 0.388 e. The molecule has 1 heterocycles. The first-order chi connectivity index (χ1) is 10.1. The van der Waals surface area contributed by atoms with E-state index in [9.17, 15) is 5.11 Å². The number of aromatic amines is 1. The zero-order chi connectivity index (χ0) is 14.8. The van der Waals surface area contributed by atoms with Crippen molar-refractivity contribution in [3.8, 4) is 0 Å². The predicted octanol–water partition coefficient (Wildman–Crippen LogP) is 4.70. The minimum atomic E-state index is -0.627. The maximum Gasteiger partial charge on any atom is 0.166 e. The monoisotopic (exact) mass is 338 g/mol. The summed E-state index contributed by atoms with van der Waals surface area (Å²) in [6.45, 7) is 0. The summed E-state index contributed by atoms with van der Waals surface area (Å²) in [5, 5.41) is 11.9. The summed E-state index contributed by atoms with van der Waals surface area (Å²) >= 11 is 13.3. The van der Waals surface area contributed by atoms with E-state index in [4.69, 9.17) is 23.2 Å². The first-order valence-corrected chi connectivity index (χ1v) is 8.08. The molecule has 1 aromatic heterocycles. The average molecular weight is 339 g/mol. The van der Waals surface area contributed by atoms with Crippen LogP contribution in [0.3, 0.4) is 0 Å². The minimum absolute atomic E-state index is 0.446. The second kappa shape index (κ2) is 6.28. The Hall–Kier alpha value is -1.20. The van der Waals surface area contributed by atoms with Crippen LogP contribution in [-0.2, 0) is 0 Å². The molecule has 108 valence electrons. The highest BCUT2D eigenvalue weighted by atomic mass is 35.5. The molecule has 0 aliphatic rings. The lowest BCUT2D eigenvalue weighted by Gasteiger charge is -2.10. The number of fused-ring (bicyclic) bond motifs is 1. The fraction of sp³-hybridized carbons (Fsp3) is 0.133. The molecule has 0 bridgehead atoms. The summed E-state index contributed by atoms with van der Waals surface area (Å²) in [7, 11) is 0. The van der Waals surface area contributed by atoms with Gasteiger partial charge in [0, 0.05) is 5.75 Å². The summed E-state index contributed by atoms with van der Waals surface area (Å²) in [5.74, 6) is 0.484. The second-order valence-electron chi connectivity index (χ2n) is 4.56. The van der Waals surface area contributed by atoms with Gasteiger partial charge in [0.05, 0.1) is 27.2 Å². The Morgan fingerprint density at radius 3 is 2.71 bits per heavy atom. The molecule has 2 N–H and O–H groups in total. The van der Waals surface area contributed by atoms with Crippen LogP contribution in [0.5, 0.6) is 0 Å². The number of nitrogens with zero attached hydrogens (tertiary/aromatic N) is 1. The SMILES string of the molecule is OC(CSc1nc2ccccc2[nH]1)c1ccc(Cl)c(Cl)c1. The maximum absolute atomic E-state index is 10.2. The van der Waals surface area contributed by atoms with E-state index >= 15 is 0 Å². The Balaban J connectivity index is 1.70. The molecule has 0 aliphatic carbocycles. The van der Waals surface area contributed by atoms with Crippen LogP contribution in [0.4, 0.5) is 0 Å². The topological polar surface area (TPSA) is 48.9 Å². The van der Waals surface area contributed by atoms with Crippen molar-refractivity contribution in [2.24, 2.45) is 0 Å². The Morgan fingerprint density at radius 2 is 1.95 bits per heavy atom. The number of halogens is 2. The van der Waals surface area contributed by atoms with Crippen molar-refractivity contribution in [1.29, 1.82) is 0 Å². The van der Waals surface area contributed by atoms with Crippen LogP contribution in [0.1, 0.15) is 11.7 Å². The third kappa shape index (κ3) is 3.35. The number of hydrogen-bond acceptors (Lipinski definition) is 3. The molecule has 6 heteroatoms. The molecule has 1 unspecified atom stereocenters. The quantitative estimate of drug-likeness (QED) is 0.678. The van der Waals surface area contributed by atoms with Gasteiger partial charge in [0.1, 0.15) is 0 Å². The van der Waals surface area contributed by atoms with Crippen LogP contribution >= 0.6 is 35.0 Å². The van der Waals surface area contributed by atoms with Crippen LogP contribution in [0.25, 0.3) is 11.0 Å². The van der Waals surface area contributed by atoms with E-state index in [2.05, 4.69) is 9.97 Å². The van der Waals surface area contributed by atoms with Gasteiger partial charge < -0.3 is 10.1 Å². The van der Waals surface area contributed by atoms with Crippen LogP contribution in [-0.4, -0.2) is 20.8 Å². The van der Waals surface area contributed by atoms with Crippen molar-refractivity contribution in [1.82, 2.24) is 9.97 Å². The Kier molecular flexibility index (Phi) is 4.40. The lowest BCUT2D eigenvalue weighted by atomic mass is 10.1. The fourth-order valence-corrected chi connectivity index (χ4v) is 3.13. The van der Waals surface area contributed by atoms with Gasteiger partial charge >= 0.3 is 0 Å². The van der Waals surface area contributed by atoms with Crippen molar-refractivity contribution in [3.05, 3.63) is 58.1 Å². The molecule has 0 amide bonds. The lowest BCUT2D eigenvalue weighted by molar-refractivity contribution is 0.204.